The molecule has 76 valence electrons. The van der Waals surface area contributed by atoms with Gasteiger partial charge in [-0.3, -0.25) is 4.99 Å². The molecule has 0 heterocycles. The zero-order valence-corrected chi connectivity index (χ0v) is 8.92. The fourth-order valence-corrected chi connectivity index (χ4v) is 2.01. The summed E-state index contributed by atoms with van der Waals surface area (Å²) < 4.78 is 0. The fraction of sp³-hybridized carbons (Fsp3) is 0.909. The smallest absolute Gasteiger partial charge is 0.0937 e. The summed E-state index contributed by atoms with van der Waals surface area (Å²) in [6.45, 7) is 4.35. The lowest BCUT2D eigenvalue weighted by Crippen LogP contribution is -2.21. The number of amidine groups is 1. The minimum Gasteiger partial charge on any atom is -0.387 e. The van der Waals surface area contributed by atoms with E-state index in [-0.39, 0.29) is 0 Å². The van der Waals surface area contributed by atoms with E-state index < -0.39 is 0 Å². The van der Waals surface area contributed by atoms with E-state index in [1.54, 1.807) is 0 Å². The van der Waals surface area contributed by atoms with Gasteiger partial charge in [0.25, 0.3) is 0 Å². The summed E-state index contributed by atoms with van der Waals surface area (Å²) in [5, 5.41) is 0. The third-order valence-corrected chi connectivity index (χ3v) is 3.10. The minimum absolute atomic E-state index is 0.530. The Bertz CT molecular complexity index is 167. The molecule has 1 aliphatic rings. The average Bonchev–Trinajstić information content (AvgIpc) is 2.19. The van der Waals surface area contributed by atoms with E-state index in [1.165, 1.54) is 32.1 Å². The molecule has 0 saturated heterocycles. The quantitative estimate of drug-likeness (QED) is 0.529. The highest BCUT2D eigenvalue weighted by Crippen LogP contribution is 2.28. The summed E-state index contributed by atoms with van der Waals surface area (Å²) in [6.07, 6.45) is 7.43. The van der Waals surface area contributed by atoms with Gasteiger partial charge < -0.3 is 5.73 Å². The molecule has 1 aliphatic carbocycles. The van der Waals surface area contributed by atoms with Crippen molar-refractivity contribution >= 4 is 5.84 Å². The highest BCUT2D eigenvalue weighted by atomic mass is 14.9. The van der Waals surface area contributed by atoms with Crippen molar-refractivity contribution in [2.45, 2.75) is 58.4 Å². The topological polar surface area (TPSA) is 38.4 Å². The molecule has 2 heteroatoms. The first-order valence-electron chi connectivity index (χ1n) is 5.58. The van der Waals surface area contributed by atoms with E-state index in [4.69, 9.17) is 5.73 Å². The predicted octanol–water partition coefficient (Wildman–Crippen LogP) is 2.72. The van der Waals surface area contributed by atoms with Crippen molar-refractivity contribution in [2.75, 3.05) is 0 Å². The van der Waals surface area contributed by atoms with Crippen LogP contribution in [0.25, 0.3) is 0 Å². The second kappa shape index (κ2) is 5.25. The van der Waals surface area contributed by atoms with E-state index in [1.807, 2.05) is 0 Å². The van der Waals surface area contributed by atoms with Crippen molar-refractivity contribution in [3.63, 3.8) is 0 Å². The van der Waals surface area contributed by atoms with Crippen molar-refractivity contribution in [1.82, 2.24) is 0 Å². The lowest BCUT2D eigenvalue weighted by Gasteiger charge is -2.25. The molecule has 0 aromatic rings. The normalized spacial score (nSPS) is 30.5. The first kappa shape index (κ1) is 10.6. The summed E-state index contributed by atoms with van der Waals surface area (Å²) in [6, 6.07) is 0.530. The molecule has 0 radical (unpaired) electrons. The Kier molecular flexibility index (Phi) is 4.26. The molecule has 0 amide bonds. The Labute approximate surface area is 81.6 Å². The summed E-state index contributed by atoms with van der Waals surface area (Å²) in [5.74, 6) is 1.79. The van der Waals surface area contributed by atoms with Crippen molar-refractivity contribution in [1.29, 1.82) is 0 Å². The molecule has 0 aromatic heterocycles. The molecule has 1 saturated carbocycles. The number of nitrogens with zero attached hydrogens (tertiary/aromatic N) is 1. The first-order valence-corrected chi connectivity index (χ1v) is 5.58. The molecule has 1 rings (SSSR count). The summed E-state index contributed by atoms with van der Waals surface area (Å²) >= 11 is 0. The molecule has 0 spiro atoms. The van der Waals surface area contributed by atoms with Gasteiger partial charge >= 0.3 is 0 Å². The number of nitrogens with two attached hydrogens (primary N) is 1. The molecule has 2 nitrogen and oxygen atoms in total. The van der Waals surface area contributed by atoms with Gasteiger partial charge in [-0.2, -0.15) is 0 Å². The highest BCUT2D eigenvalue weighted by molar-refractivity contribution is 5.80. The Morgan fingerprint density at radius 2 is 1.85 bits per heavy atom. The SMILES string of the molecule is CCC(N)=NC1CCC(CC)CC1. The molecule has 13 heavy (non-hydrogen) atoms. The maximum atomic E-state index is 5.72. The third kappa shape index (κ3) is 3.37. The zero-order chi connectivity index (χ0) is 9.68. The van der Waals surface area contributed by atoms with Gasteiger partial charge in [-0.25, -0.2) is 0 Å². The van der Waals surface area contributed by atoms with Gasteiger partial charge in [-0.1, -0.05) is 20.3 Å². The monoisotopic (exact) mass is 182 g/mol. The van der Waals surface area contributed by atoms with Crippen LogP contribution in [0.15, 0.2) is 4.99 Å². The van der Waals surface area contributed by atoms with Crippen LogP contribution in [0.2, 0.25) is 0 Å². The van der Waals surface area contributed by atoms with Crippen LogP contribution in [0.1, 0.15) is 52.4 Å². The molecule has 0 bridgehead atoms. The largest absolute Gasteiger partial charge is 0.387 e. The molecule has 1 fully saturated rings. The third-order valence-electron chi connectivity index (χ3n) is 3.10. The summed E-state index contributed by atoms with van der Waals surface area (Å²) in [4.78, 5) is 4.52. The van der Waals surface area contributed by atoms with Gasteiger partial charge in [0.05, 0.1) is 11.9 Å². The van der Waals surface area contributed by atoms with Gasteiger partial charge in [0, 0.05) is 6.42 Å². The van der Waals surface area contributed by atoms with Crippen LogP contribution in [-0.4, -0.2) is 11.9 Å². The first-order chi connectivity index (χ1) is 6.26. The van der Waals surface area contributed by atoms with Crippen LogP contribution in [0.4, 0.5) is 0 Å². The Balaban J connectivity index is 2.32. The van der Waals surface area contributed by atoms with Gasteiger partial charge in [-0.05, 0) is 31.6 Å². The van der Waals surface area contributed by atoms with E-state index >= 15 is 0 Å². The molecular formula is C11H22N2. The average molecular weight is 182 g/mol. The maximum absolute atomic E-state index is 5.72. The van der Waals surface area contributed by atoms with Crippen LogP contribution in [0.5, 0.6) is 0 Å². The van der Waals surface area contributed by atoms with Crippen molar-refractivity contribution < 1.29 is 0 Å². The highest BCUT2D eigenvalue weighted by Gasteiger charge is 2.18. The van der Waals surface area contributed by atoms with E-state index in [2.05, 4.69) is 18.8 Å². The molecule has 0 aliphatic heterocycles. The standard InChI is InChI=1S/C11H22N2/c1-3-9-5-7-10(8-6-9)13-11(12)4-2/h9-10H,3-8H2,1-2H3,(H2,12,13). The molecule has 0 unspecified atom stereocenters. The van der Waals surface area contributed by atoms with Gasteiger partial charge in [0.15, 0.2) is 0 Å². The molecule has 0 atom stereocenters. The van der Waals surface area contributed by atoms with E-state index in [0.717, 1.165) is 18.2 Å². The predicted molar refractivity (Wildman–Crippen MR) is 58.0 cm³/mol. The molecule has 0 aromatic carbocycles. The number of hydrogen-bond acceptors (Lipinski definition) is 1. The van der Waals surface area contributed by atoms with Crippen molar-refractivity contribution in [3.05, 3.63) is 0 Å². The molecule has 2 N–H and O–H groups in total. The van der Waals surface area contributed by atoms with Gasteiger partial charge in [0.1, 0.15) is 0 Å². The second-order valence-corrected chi connectivity index (χ2v) is 4.06. The Morgan fingerprint density at radius 3 is 2.31 bits per heavy atom. The number of aliphatic imine (C=N–C) groups is 1. The number of hydrogen-bond donors (Lipinski definition) is 1. The summed E-state index contributed by atoms with van der Waals surface area (Å²) in [5.41, 5.74) is 5.72. The maximum Gasteiger partial charge on any atom is 0.0937 e. The zero-order valence-electron chi connectivity index (χ0n) is 8.92. The fourth-order valence-electron chi connectivity index (χ4n) is 2.01. The van der Waals surface area contributed by atoms with E-state index in [9.17, 15) is 0 Å². The minimum atomic E-state index is 0.530. The van der Waals surface area contributed by atoms with Gasteiger partial charge in [-0.15, -0.1) is 0 Å². The lowest BCUT2D eigenvalue weighted by atomic mass is 9.85. The Morgan fingerprint density at radius 1 is 1.23 bits per heavy atom. The summed E-state index contributed by atoms with van der Waals surface area (Å²) in [7, 11) is 0. The van der Waals surface area contributed by atoms with Crippen molar-refractivity contribution in [2.24, 2.45) is 16.6 Å². The van der Waals surface area contributed by atoms with Crippen LogP contribution in [0, 0.1) is 5.92 Å². The van der Waals surface area contributed by atoms with E-state index in [0.29, 0.717) is 6.04 Å². The van der Waals surface area contributed by atoms with Crippen molar-refractivity contribution in [3.8, 4) is 0 Å². The lowest BCUT2D eigenvalue weighted by molar-refractivity contribution is 0.320. The number of rotatable bonds is 3. The van der Waals surface area contributed by atoms with Crippen LogP contribution in [0.3, 0.4) is 0 Å². The second-order valence-electron chi connectivity index (χ2n) is 4.06. The van der Waals surface area contributed by atoms with Crippen LogP contribution < -0.4 is 5.73 Å². The van der Waals surface area contributed by atoms with Crippen LogP contribution in [-0.2, 0) is 0 Å². The van der Waals surface area contributed by atoms with Crippen LogP contribution >= 0.6 is 0 Å². The Hall–Kier alpha value is -0.530. The van der Waals surface area contributed by atoms with Gasteiger partial charge in [0.2, 0.25) is 0 Å². The molecular weight excluding hydrogens is 160 g/mol.